The highest BCUT2D eigenvalue weighted by molar-refractivity contribution is 5.79. The number of benzene rings is 1. The molecule has 2 fully saturated rings. The van der Waals surface area contributed by atoms with E-state index in [1.165, 1.54) is 12.8 Å². The number of rotatable bonds is 4. The fourth-order valence-electron chi connectivity index (χ4n) is 3.17. The molecule has 0 spiro atoms. The van der Waals surface area contributed by atoms with Gasteiger partial charge < -0.3 is 9.80 Å². The molecule has 1 aromatic heterocycles. The zero-order valence-electron chi connectivity index (χ0n) is 13.8. The van der Waals surface area contributed by atoms with Crippen molar-refractivity contribution < 1.29 is 4.79 Å². The smallest absolute Gasteiger partial charge is 0.227 e. The summed E-state index contributed by atoms with van der Waals surface area (Å²) >= 11 is 0. The van der Waals surface area contributed by atoms with Gasteiger partial charge in [0.15, 0.2) is 5.82 Å². The average Bonchev–Trinajstić information content (AvgIpc) is 3.48. The van der Waals surface area contributed by atoms with Gasteiger partial charge in [0.05, 0.1) is 12.1 Å². The number of nitrogens with zero attached hydrogens (tertiary/aromatic N) is 4. The Balaban J connectivity index is 1.31. The lowest BCUT2D eigenvalue weighted by Crippen LogP contribution is -2.49. The minimum Gasteiger partial charge on any atom is -0.352 e. The lowest BCUT2D eigenvalue weighted by Gasteiger charge is -2.35. The molecule has 124 valence electrons. The molecule has 4 rings (SSSR count). The molecule has 24 heavy (non-hydrogen) atoms. The minimum absolute atomic E-state index is 0.205. The van der Waals surface area contributed by atoms with Crippen LogP contribution in [0.4, 0.5) is 5.82 Å². The summed E-state index contributed by atoms with van der Waals surface area (Å²) in [7, 11) is 0. The molecule has 0 atom stereocenters. The van der Waals surface area contributed by atoms with Gasteiger partial charge in [-0.1, -0.05) is 30.3 Å². The number of amides is 1. The Morgan fingerprint density at radius 3 is 2.33 bits per heavy atom. The number of piperazine rings is 1. The van der Waals surface area contributed by atoms with Gasteiger partial charge in [0.2, 0.25) is 5.91 Å². The molecule has 5 nitrogen and oxygen atoms in total. The molecule has 2 aliphatic rings. The Hall–Kier alpha value is -2.43. The van der Waals surface area contributed by atoms with E-state index in [4.69, 9.17) is 0 Å². The molecular weight excluding hydrogens is 300 g/mol. The summed E-state index contributed by atoms with van der Waals surface area (Å²) in [6.07, 6.45) is 2.98. The standard InChI is InChI=1S/C19H22N4O/c24-19(14-15-4-2-1-3-5-15)23-12-10-22(11-13-23)18-9-8-17(20-21-18)16-6-7-16/h1-5,8-9,16H,6-7,10-14H2. The third-order valence-corrected chi connectivity index (χ3v) is 4.82. The van der Waals surface area contributed by atoms with Gasteiger partial charge >= 0.3 is 0 Å². The van der Waals surface area contributed by atoms with Gasteiger partial charge in [0.25, 0.3) is 0 Å². The van der Waals surface area contributed by atoms with Crippen molar-refractivity contribution in [2.45, 2.75) is 25.2 Å². The summed E-state index contributed by atoms with van der Waals surface area (Å²) in [6.45, 7) is 3.13. The van der Waals surface area contributed by atoms with E-state index in [9.17, 15) is 4.79 Å². The minimum atomic E-state index is 0.205. The number of anilines is 1. The maximum Gasteiger partial charge on any atom is 0.227 e. The summed E-state index contributed by atoms with van der Waals surface area (Å²) in [4.78, 5) is 16.6. The fourth-order valence-corrected chi connectivity index (χ4v) is 3.17. The van der Waals surface area contributed by atoms with Crippen LogP contribution in [0, 0.1) is 0 Å². The first kappa shape index (κ1) is 15.1. The number of carbonyl (C=O) groups excluding carboxylic acids is 1. The highest BCUT2D eigenvalue weighted by Gasteiger charge is 2.26. The van der Waals surface area contributed by atoms with Gasteiger partial charge in [-0.2, -0.15) is 5.10 Å². The van der Waals surface area contributed by atoms with Gasteiger partial charge in [0, 0.05) is 32.1 Å². The first-order valence-electron chi connectivity index (χ1n) is 8.70. The van der Waals surface area contributed by atoms with E-state index in [-0.39, 0.29) is 5.91 Å². The Labute approximate surface area is 142 Å². The van der Waals surface area contributed by atoms with Crippen molar-refractivity contribution in [1.29, 1.82) is 0 Å². The molecule has 1 amide bonds. The van der Waals surface area contributed by atoms with Gasteiger partial charge in [-0.3, -0.25) is 4.79 Å². The van der Waals surface area contributed by atoms with Gasteiger partial charge in [-0.15, -0.1) is 5.10 Å². The van der Waals surface area contributed by atoms with E-state index in [1.54, 1.807) is 0 Å². The Bertz CT molecular complexity index is 689. The largest absolute Gasteiger partial charge is 0.352 e. The van der Waals surface area contributed by atoms with Crippen LogP contribution >= 0.6 is 0 Å². The molecular formula is C19H22N4O. The molecule has 1 aliphatic carbocycles. The monoisotopic (exact) mass is 322 g/mol. The van der Waals surface area contributed by atoms with Crippen LogP contribution in [0.3, 0.4) is 0 Å². The Morgan fingerprint density at radius 1 is 0.958 bits per heavy atom. The Morgan fingerprint density at radius 2 is 1.71 bits per heavy atom. The predicted octanol–water partition coefficient (Wildman–Crippen LogP) is 2.25. The zero-order valence-corrected chi connectivity index (χ0v) is 13.8. The van der Waals surface area contributed by atoms with Crippen molar-refractivity contribution in [3.8, 4) is 0 Å². The zero-order chi connectivity index (χ0) is 16.4. The number of hydrogen-bond acceptors (Lipinski definition) is 4. The van der Waals surface area contributed by atoms with Crippen LogP contribution in [-0.2, 0) is 11.2 Å². The second-order valence-electron chi connectivity index (χ2n) is 6.62. The lowest BCUT2D eigenvalue weighted by atomic mass is 10.1. The van der Waals surface area contributed by atoms with Crippen molar-refractivity contribution in [3.05, 3.63) is 53.7 Å². The van der Waals surface area contributed by atoms with E-state index in [0.717, 1.165) is 43.3 Å². The first-order valence-corrected chi connectivity index (χ1v) is 8.70. The summed E-state index contributed by atoms with van der Waals surface area (Å²) < 4.78 is 0. The molecule has 0 radical (unpaired) electrons. The highest BCUT2D eigenvalue weighted by atomic mass is 16.2. The van der Waals surface area contributed by atoms with Gasteiger partial charge in [0.1, 0.15) is 0 Å². The molecule has 0 unspecified atom stereocenters. The topological polar surface area (TPSA) is 49.3 Å². The SMILES string of the molecule is O=C(Cc1ccccc1)N1CCN(c2ccc(C3CC3)nn2)CC1. The van der Waals surface area contributed by atoms with Crippen LogP contribution in [0.5, 0.6) is 0 Å². The lowest BCUT2D eigenvalue weighted by molar-refractivity contribution is -0.130. The summed E-state index contributed by atoms with van der Waals surface area (Å²) in [5.41, 5.74) is 2.20. The molecule has 1 aromatic carbocycles. The van der Waals surface area contributed by atoms with Crippen LogP contribution in [0.1, 0.15) is 30.0 Å². The quantitative estimate of drug-likeness (QED) is 0.866. The van der Waals surface area contributed by atoms with E-state index in [0.29, 0.717) is 12.3 Å². The molecule has 1 aliphatic heterocycles. The van der Waals surface area contributed by atoms with Crippen LogP contribution < -0.4 is 4.90 Å². The first-order chi connectivity index (χ1) is 11.8. The molecule has 1 saturated carbocycles. The van der Waals surface area contributed by atoms with Gasteiger partial charge in [-0.25, -0.2) is 0 Å². The second-order valence-corrected chi connectivity index (χ2v) is 6.62. The van der Waals surface area contributed by atoms with Crippen LogP contribution in [-0.4, -0.2) is 47.2 Å². The highest BCUT2D eigenvalue weighted by Crippen LogP contribution is 2.38. The molecule has 1 saturated heterocycles. The normalized spacial score (nSPS) is 17.8. The maximum atomic E-state index is 12.4. The van der Waals surface area contributed by atoms with Crippen molar-refractivity contribution in [3.63, 3.8) is 0 Å². The van der Waals surface area contributed by atoms with Crippen molar-refractivity contribution >= 4 is 11.7 Å². The van der Waals surface area contributed by atoms with Crippen LogP contribution in [0.2, 0.25) is 0 Å². The molecule has 0 N–H and O–H groups in total. The molecule has 2 aromatic rings. The van der Waals surface area contributed by atoms with E-state index in [2.05, 4.69) is 27.2 Å². The van der Waals surface area contributed by atoms with E-state index >= 15 is 0 Å². The maximum absolute atomic E-state index is 12.4. The van der Waals surface area contributed by atoms with Crippen LogP contribution in [0.25, 0.3) is 0 Å². The van der Waals surface area contributed by atoms with Crippen molar-refractivity contribution in [1.82, 2.24) is 15.1 Å². The average molecular weight is 322 g/mol. The Kier molecular flexibility index (Phi) is 4.15. The molecule has 2 heterocycles. The summed E-state index contributed by atoms with van der Waals surface area (Å²) in [6, 6.07) is 14.1. The summed E-state index contributed by atoms with van der Waals surface area (Å²) in [5, 5.41) is 8.73. The second kappa shape index (κ2) is 6.59. The van der Waals surface area contributed by atoms with E-state index < -0.39 is 0 Å². The predicted molar refractivity (Wildman–Crippen MR) is 92.9 cm³/mol. The molecule has 0 bridgehead atoms. The number of aromatic nitrogens is 2. The van der Waals surface area contributed by atoms with Crippen LogP contribution in [0.15, 0.2) is 42.5 Å². The third kappa shape index (κ3) is 3.40. The van der Waals surface area contributed by atoms with E-state index in [1.807, 2.05) is 35.2 Å². The number of hydrogen-bond donors (Lipinski definition) is 0. The third-order valence-electron chi connectivity index (χ3n) is 4.82. The van der Waals surface area contributed by atoms with Gasteiger partial charge in [-0.05, 0) is 30.5 Å². The molecule has 5 heteroatoms. The number of carbonyl (C=O) groups is 1. The van der Waals surface area contributed by atoms with Crippen molar-refractivity contribution in [2.24, 2.45) is 0 Å². The summed E-state index contributed by atoms with van der Waals surface area (Å²) in [5.74, 6) is 1.77. The fraction of sp³-hybridized carbons (Fsp3) is 0.421. The van der Waals surface area contributed by atoms with Crippen molar-refractivity contribution in [2.75, 3.05) is 31.1 Å².